The fourth-order valence-electron chi connectivity index (χ4n) is 3.94. The molecule has 2 heterocycles. The summed E-state index contributed by atoms with van der Waals surface area (Å²) >= 11 is 0. The zero-order valence-electron chi connectivity index (χ0n) is 18.0. The van der Waals surface area contributed by atoms with Crippen LogP contribution in [0.5, 0.6) is 0 Å². The van der Waals surface area contributed by atoms with Crippen molar-refractivity contribution in [2.45, 2.75) is 31.2 Å². The maximum atomic E-state index is 13.0. The quantitative estimate of drug-likeness (QED) is 0.588. The lowest BCUT2D eigenvalue weighted by Crippen LogP contribution is -2.37. The average Bonchev–Trinajstić information content (AvgIpc) is 3.06. The van der Waals surface area contributed by atoms with Crippen molar-refractivity contribution in [2.75, 3.05) is 26.2 Å². The maximum absolute atomic E-state index is 13.0. The molecule has 9 heteroatoms. The highest BCUT2D eigenvalue weighted by molar-refractivity contribution is 7.89. The maximum Gasteiger partial charge on any atom is 0.243 e. The van der Waals surface area contributed by atoms with E-state index in [1.54, 1.807) is 46.0 Å². The van der Waals surface area contributed by atoms with Gasteiger partial charge in [-0.25, -0.2) is 8.42 Å². The number of aromatic nitrogens is 2. The molecular weight excluding hydrogens is 428 g/mol. The van der Waals surface area contributed by atoms with Crippen molar-refractivity contribution in [1.82, 2.24) is 19.0 Å². The minimum absolute atomic E-state index is 0.0517. The Morgan fingerprint density at radius 1 is 1.00 bits per heavy atom. The Labute approximate surface area is 187 Å². The van der Waals surface area contributed by atoms with Gasteiger partial charge in [-0.3, -0.25) is 14.3 Å². The number of carbonyl (C=O) groups is 1. The van der Waals surface area contributed by atoms with Gasteiger partial charge in [0.1, 0.15) is 0 Å². The standard InChI is InChI=1S/C23H26N4O4S/c1-18-7-9-19(10-8-18)32(30,31)26-13-4-12-25(15-16-26)23(29)11-14-27-21-6-3-2-5-20(21)22(28)17-24-27/h2-3,5-10,17H,4,11-16H2,1H3. The van der Waals surface area contributed by atoms with Crippen molar-refractivity contribution in [3.05, 3.63) is 70.5 Å². The number of benzene rings is 2. The smallest absolute Gasteiger partial charge is 0.243 e. The van der Waals surface area contributed by atoms with Crippen molar-refractivity contribution in [2.24, 2.45) is 0 Å². The monoisotopic (exact) mass is 454 g/mol. The first-order chi connectivity index (χ1) is 15.4. The first-order valence-electron chi connectivity index (χ1n) is 10.7. The number of sulfonamides is 1. The molecule has 8 nitrogen and oxygen atoms in total. The molecule has 0 unspecified atom stereocenters. The van der Waals surface area contributed by atoms with E-state index in [0.717, 1.165) is 5.56 Å². The van der Waals surface area contributed by atoms with E-state index in [9.17, 15) is 18.0 Å². The van der Waals surface area contributed by atoms with E-state index >= 15 is 0 Å². The van der Waals surface area contributed by atoms with E-state index < -0.39 is 10.0 Å². The highest BCUT2D eigenvalue weighted by Crippen LogP contribution is 2.19. The SMILES string of the molecule is Cc1ccc(S(=O)(=O)N2CCCN(C(=O)CCn3ncc(=O)c4ccccc43)CC2)cc1. The number of para-hydroxylation sites is 1. The summed E-state index contributed by atoms with van der Waals surface area (Å²) in [7, 11) is -3.58. The molecule has 32 heavy (non-hydrogen) atoms. The number of carbonyl (C=O) groups excluding carboxylic acids is 1. The third-order valence-corrected chi connectivity index (χ3v) is 7.68. The van der Waals surface area contributed by atoms with E-state index in [4.69, 9.17) is 0 Å². The largest absolute Gasteiger partial charge is 0.341 e. The molecule has 2 aromatic carbocycles. The van der Waals surface area contributed by atoms with E-state index in [0.29, 0.717) is 43.5 Å². The molecule has 4 rings (SSSR count). The highest BCUT2D eigenvalue weighted by Gasteiger charge is 2.28. The number of amides is 1. The minimum atomic E-state index is -3.58. The molecule has 0 radical (unpaired) electrons. The van der Waals surface area contributed by atoms with Crippen LogP contribution in [0, 0.1) is 6.92 Å². The van der Waals surface area contributed by atoms with Gasteiger partial charge in [0.2, 0.25) is 21.4 Å². The second-order valence-corrected chi connectivity index (χ2v) is 9.89. The Morgan fingerprint density at radius 2 is 1.75 bits per heavy atom. The van der Waals surface area contributed by atoms with Crippen LogP contribution in [0.2, 0.25) is 0 Å². The molecular formula is C23H26N4O4S. The van der Waals surface area contributed by atoms with Gasteiger partial charge in [0.25, 0.3) is 0 Å². The number of hydrogen-bond acceptors (Lipinski definition) is 5. The Kier molecular flexibility index (Phi) is 6.38. The van der Waals surface area contributed by atoms with Crippen molar-refractivity contribution in [3.8, 4) is 0 Å². The first-order valence-corrected chi connectivity index (χ1v) is 12.1. The second-order valence-electron chi connectivity index (χ2n) is 7.95. The van der Waals surface area contributed by atoms with Crippen molar-refractivity contribution >= 4 is 26.8 Å². The van der Waals surface area contributed by atoms with Gasteiger partial charge in [0, 0.05) is 38.0 Å². The van der Waals surface area contributed by atoms with Crippen LogP contribution in [-0.2, 0) is 21.4 Å². The van der Waals surface area contributed by atoms with Crippen molar-refractivity contribution in [3.63, 3.8) is 0 Å². The van der Waals surface area contributed by atoms with Gasteiger partial charge in [0.05, 0.1) is 23.2 Å². The van der Waals surface area contributed by atoms with Crippen LogP contribution in [0.1, 0.15) is 18.4 Å². The molecule has 0 saturated carbocycles. The van der Waals surface area contributed by atoms with Gasteiger partial charge in [0.15, 0.2) is 0 Å². The average molecular weight is 455 g/mol. The van der Waals surface area contributed by atoms with Crippen LogP contribution in [0.15, 0.2) is 64.4 Å². The summed E-state index contributed by atoms with van der Waals surface area (Å²) in [5, 5.41) is 4.74. The van der Waals surface area contributed by atoms with Crippen LogP contribution in [-0.4, -0.2) is 59.5 Å². The topological polar surface area (TPSA) is 92.6 Å². The molecule has 1 saturated heterocycles. The van der Waals surface area contributed by atoms with Crippen LogP contribution in [0.3, 0.4) is 0 Å². The van der Waals surface area contributed by atoms with Gasteiger partial charge in [-0.05, 0) is 37.6 Å². The highest BCUT2D eigenvalue weighted by atomic mass is 32.2. The van der Waals surface area contributed by atoms with Gasteiger partial charge >= 0.3 is 0 Å². The van der Waals surface area contributed by atoms with Crippen molar-refractivity contribution in [1.29, 1.82) is 0 Å². The van der Waals surface area contributed by atoms with Crippen LogP contribution in [0.4, 0.5) is 0 Å². The molecule has 1 amide bonds. The number of hydrogen-bond donors (Lipinski definition) is 0. The summed E-state index contributed by atoms with van der Waals surface area (Å²) < 4.78 is 29.1. The fourth-order valence-corrected chi connectivity index (χ4v) is 5.41. The first kappa shape index (κ1) is 22.2. The number of aryl methyl sites for hydroxylation is 2. The van der Waals surface area contributed by atoms with E-state index in [1.807, 2.05) is 19.1 Å². The Bertz CT molecular complexity index is 1290. The predicted molar refractivity (Wildman–Crippen MR) is 122 cm³/mol. The summed E-state index contributed by atoms with van der Waals surface area (Å²) in [5.41, 5.74) is 1.55. The molecule has 0 spiro atoms. The predicted octanol–water partition coefficient (Wildman–Crippen LogP) is 2.02. The summed E-state index contributed by atoms with van der Waals surface area (Å²) in [5.74, 6) is -0.0517. The van der Waals surface area contributed by atoms with E-state index in [1.165, 1.54) is 10.5 Å². The van der Waals surface area contributed by atoms with Gasteiger partial charge < -0.3 is 4.90 Å². The van der Waals surface area contributed by atoms with Gasteiger partial charge in [-0.1, -0.05) is 29.8 Å². The number of rotatable bonds is 5. The van der Waals surface area contributed by atoms with E-state index in [2.05, 4.69) is 5.10 Å². The molecule has 3 aromatic rings. The third-order valence-electron chi connectivity index (χ3n) is 5.77. The number of fused-ring (bicyclic) bond motifs is 1. The summed E-state index contributed by atoms with van der Waals surface area (Å²) in [4.78, 5) is 26.8. The lowest BCUT2D eigenvalue weighted by Gasteiger charge is -2.22. The molecule has 1 aliphatic heterocycles. The van der Waals surface area contributed by atoms with Gasteiger partial charge in [-0.2, -0.15) is 9.40 Å². The van der Waals surface area contributed by atoms with Crippen LogP contribution < -0.4 is 5.43 Å². The number of nitrogens with zero attached hydrogens (tertiary/aromatic N) is 4. The molecule has 0 aliphatic carbocycles. The Hall–Kier alpha value is -3.04. The molecule has 1 aromatic heterocycles. The zero-order valence-corrected chi connectivity index (χ0v) is 18.8. The fraction of sp³-hybridized carbons (Fsp3) is 0.348. The summed E-state index contributed by atoms with van der Waals surface area (Å²) in [6.07, 6.45) is 2.08. The summed E-state index contributed by atoms with van der Waals surface area (Å²) in [6, 6.07) is 14.0. The van der Waals surface area contributed by atoms with Crippen LogP contribution >= 0.6 is 0 Å². The summed E-state index contributed by atoms with van der Waals surface area (Å²) in [6.45, 7) is 3.77. The zero-order chi connectivity index (χ0) is 22.7. The van der Waals surface area contributed by atoms with Crippen molar-refractivity contribution < 1.29 is 13.2 Å². The van der Waals surface area contributed by atoms with Crippen LogP contribution in [0.25, 0.3) is 10.9 Å². The Balaban J connectivity index is 1.41. The lowest BCUT2D eigenvalue weighted by atomic mass is 10.2. The molecule has 1 fully saturated rings. The van der Waals surface area contributed by atoms with Gasteiger partial charge in [-0.15, -0.1) is 0 Å². The minimum Gasteiger partial charge on any atom is -0.341 e. The van der Waals surface area contributed by atoms with E-state index in [-0.39, 0.29) is 29.2 Å². The molecule has 168 valence electrons. The molecule has 1 aliphatic rings. The third kappa shape index (κ3) is 4.58. The molecule has 0 N–H and O–H groups in total. The second kappa shape index (κ2) is 9.22. The normalized spacial score (nSPS) is 15.6. The Morgan fingerprint density at radius 3 is 2.53 bits per heavy atom. The molecule has 0 bridgehead atoms. The lowest BCUT2D eigenvalue weighted by molar-refractivity contribution is -0.131. The molecule has 0 atom stereocenters.